The topological polar surface area (TPSA) is 28.7 Å². The third-order valence-electron chi connectivity index (χ3n) is 3.04. The van der Waals surface area contributed by atoms with Gasteiger partial charge in [-0.25, -0.2) is 4.98 Å². The summed E-state index contributed by atoms with van der Waals surface area (Å²) in [5.41, 5.74) is 5.78. The van der Waals surface area contributed by atoms with Crippen molar-refractivity contribution in [1.82, 2.24) is 9.97 Å². The molecule has 0 amide bonds. The predicted molar refractivity (Wildman–Crippen MR) is 71.0 cm³/mol. The largest absolute Gasteiger partial charge is 0.338 e. The second-order valence-electron chi connectivity index (χ2n) is 4.42. The van der Waals surface area contributed by atoms with E-state index in [4.69, 9.17) is 0 Å². The van der Waals surface area contributed by atoms with Crippen LogP contribution in [0.5, 0.6) is 0 Å². The molecule has 0 bridgehead atoms. The van der Waals surface area contributed by atoms with Crippen LogP contribution in [0.2, 0.25) is 0 Å². The number of hydrogen-bond acceptors (Lipinski definition) is 1. The van der Waals surface area contributed by atoms with Gasteiger partial charge in [-0.15, -0.1) is 0 Å². The highest BCUT2D eigenvalue weighted by molar-refractivity contribution is 5.80. The number of nitrogens with one attached hydrogen (secondary N) is 1. The van der Waals surface area contributed by atoms with Crippen molar-refractivity contribution in [3.63, 3.8) is 0 Å². The van der Waals surface area contributed by atoms with Gasteiger partial charge in [0.1, 0.15) is 5.82 Å². The minimum atomic E-state index is 0.948. The fraction of sp³-hybridized carbons (Fsp3) is 0.133. The van der Waals surface area contributed by atoms with E-state index in [0.717, 1.165) is 16.9 Å². The standard InChI is InChI=1S/C15H14N2/c1-10-7-8-13-14(9-10)17-15(16-13)12-6-4-3-5-11(12)2/h3-9H,1-2H3,(H,16,17). The fourth-order valence-electron chi connectivity index (χ4n) is 2.09. The molecule has 1 aromatic heterocycles. The van der Waals surface area contributed by atoms with Gasteiger partial charge in [0, 0.05) is 5.56 Å². The maximum atomic E-state index is 4.63. The molecule has 1 N–H and O–H groups in total. The molecule has 0 saturated heterocycles. The average Bonchev–Trinajstić information content (AvgIpc) is 2.72. The fourth-order valence-corrected chi connectivity index (χ4v) is 2.09. The molecule has 0 aliphatic rings. The summed E-state index contributed by atoms with van der Waals surface area (Å²) in [6, 6.07) is 14.6. The summed E-state index contributed by atoms with van der Waals surface area (Å²) in [7, 11) is 0. The molecule has 2 nitrogen and oxygen atoms in total. The molecule has 0 atom stereocenters. The van der Waals surface area contributed by atoms with E-state index in [1.54, 1.807) is 0 Å². The lowest BCUT2D eigenvalue weighted by atomic mass is 10.1. The minimum Gasteiger partial charge on any atom is -0.338 e. The molecular weight excluding hydrogens is 208 g/mol. The normalized spacial score (nSPS) is 10.9. The highest BCUT2D eigenvalue weighted by atomic mass is 14.9. The van der Waals surface area contributed by atoms with Crippen LogP contribution >= 0.6 is 0 Å². The Labute approximate surface area is 100 Å². The minimum absolute atomic E-state index is 0.948. The SMILES string of the molecule is Cc1ccc2nc(-c3ccccc3C)[nH]c2c1. The first kappa shape index (κ1) is 10.1. The van der Waals surface area contributed by atoms with Gasteiger partial charge in [0.25, 0.3) is 0 Å². The van der Waals surface area contributed by atoms with E-state index in [1.807, 2.05) is 12.1 Å². The number of hydrogen-bond donors (Lipinski definition) is 1. The summed E-state index contributed by atoms with van der Waals surface area (Å²) in [6.45, 7) is 4.20. The molecule has 3 rings (SSSR count). The van der Waals surface area contributed by atoms with Crippen LogP contribution in [0.1, 0.15) is 11.1 Å². The molecule has 0 aliphatic heterocycles. The first-order chi connectivity index (χ1) is 8.24. The zero-order chi connectivity index (χ0) is 11.8. The van der Waals surface area contributed by atoms with Crippen molar-refractivity contribution in [1.29, 1.82) is 0 Å². The van der Waals surface area contributed by atoms with Gasteiger partial charge >= 0.3 is 0 Å². The number of aromatic amines is 1. The molecule has 1 heterocycles. The van der Waals surface area contributed by atoms with Crippen LogP contribution in [0.4, 0.5) is 0 Å². The van der Waals surface area contributed by atoms with Crippen molar-refractivity contribution in [3.05, 3.63) is 53.6 Å². The molecule has 0 spiro atoms. The first-order valence-electron chi connectivity index (χ1n) is 5.76. The van der Waals surface area contributed by atoms with Gasteiger partial charge in [0.2, 0.25) is 0 Å². The number of H-pyrrole nitrogens is 1. The summed E-state index contributed by atoms with van der Waals surface area (Å²) < 4.78 is 0. The lowest BCUT2D eigenvalue weighted by Crippen LogP contribution is -1.83. The smallest absolute Gasteiger partial charge is 0.138 e. The highest BCUT2D eigenvalue weighted by Gasteiger charge is 2.06. The van der Waals surface area contributed by atoms with Crippen molar-refractivity contribution < 1.29 is 0 Å². The molecule has 0 unspecified atom stereocenters. The van der Waals surface area contributed by atoms with Gasteiger partial charge in [-0.3, -0.25) is 0 Å². The van der Waals surface area contributed by atoms with Crippen LogP contribution in [0.15, 0.2) is 42.5 Å². The van der Waals surface area contributed by atoms with E-state index in [9.17, 15) is 0 Å². The summed E-state index contributed by atoms with van der Waals surface area (Å²) in [4.78, 5) is 8.01. The quantitative estimate of drug-likeness (QED) is 0.665. The molecule has 2 heteroatoms. The monoisotopic (exact) mass is 222 g/mol. The van der Waals surface area contributed by atoms with Crippen LogP contribution in [-0.4, -0.2) is 9.97 Å². The van der Waals surface area contributed by atoms with Gasteiger partial charge in [-0.05, 0) is 37.1 Å². The van der Waals surface area contributed by atoms with Gasteiger partial charge < -0.3 is 4.98 Å². The lowest BCUT2D eigenvalue weighted by molar-refractivity contribution is 1.31. The molecular formula is C15H14N2. The van der Waals surface area contributed by atoms with E-state index in [0.29, 0.717) is 0 Å². The second-order valence-corrected chi connectivity index (χ2v) is 4.42. The summed E-state index contributed by atoms with van der Waals surface area (Å²) in [6.07, 6.45) is 0. The van der Waals surface area contributed by atoms with Crippen molar-refractivity contribution in [2.24, 2.45) is 0 Å². The molecule has 0 aliphatic carbocycles. The Morgan fingerprint density at radius 1 is 1.00 bits per heavy atom. The van der Waals surface area contributed by atoms with Gasteiger partial charge in [0.05, 0.1) is 11.0 Å². The summed E-state index contributed by atoms with van der Waals surface area (Å²) >= 11 is 0. The van der Waals surface area contributed by atoms with E-state index < -0.39 is 0 Å². The Morgan fingerprint density at radius 2 is 1.82 bits per heavy atom. The van der Waals surface area contributed by atoms with E-state index in [1.165, 1.54) is 16.7 Å². The van der Waals surface area contributed by atoms with Crippen LogP contribution in [0, 0.1) is 13.8 Å². The average molecular weight is 222 g/mol. The summed E-state index contributed by atoms with van der Waals surface area (Å²) in [5.74, 6) is 0.948. The van der Waals surface area contributed by atoms with Gasteiger partial charge in [0.15, 0.2) is 0 Å². The third-order valence-corrected chi connectivity index (χ3v) is 3.04. The zero-order valence-electron chi connectivity index (χ0n) is 9.99. The number of nitrogens with zero attached hydrogens (tertiary/aromatic N) is 1. The van der Waals surface area contributed by atoms with E-state index >= 15 is 0 Å². The van der Waals surface area contributed by atoms with E-state index in [2.05, 4.69) is 54.1 Å². The molecule has 0 saturated carbocycles. The van der Waals surface area contributed by atoms with Crippen LogP contribution < -0.4 is 0 Å². The predicted octanol–water partition coefficient (Wildman–Crippen LogP) is 3.85. The number of fused-ring (bicyclic) bond motifs is 1. The number of rotatable bonds is 1. The summed E-state index contributed by atoms with van der Waals surface area (Å²) in [5, 5.41) is 0. The van der Waals surface area contributed by atoms with Crippen LogP contribution in [0.3, 0.4) is 0 Å². The Kier molecular flexibility index (Phi) is 2.22. The van der Waals surface area contributed by atoms with Crippen molar-refractivity contribution in [2.45, 2.75) is 13.8 Å². The molecule has 2 aromatic carbocycles. The van der Waals surface area contributed by atoms with Crippen LogP contribution in [0.25, 0.3) is 22.4 Å². The maximum absolute atomic E-state index is 4.63. The van der Waals surface area contributed by atoms with Gasteiger partial charge in [-0.1, -0.05) is 30.3 Å². The highest BCUT2D eigenvalue weighted by Crippen LogP contribution is 2.23. The molecule has 84 valence electrons. The second kappa shape index (κ2) is 3.74. The number of aromatic nitrogens is 2. The van der Waals surface area contributed by atoms with Crippen molar-refractivity contribution in [3.8, 4) is 11.4 Å². The molecule has 17 heavy (non-hydrogen) atoms. The Morgan fingerprint density at radius 3 is 2.65 bits per heavy atom. The number of aryl methyl sites for hydroxylation is 2. The first-order valence-corrected chi connectivity index (χ1v) is 5.76. The van der Waals surface area contributed by atoms with Gasteiger partial charge in [-0.2, -0.15) is 0 Å². The Hall–Kier alpha value is -2.09. The van der Waals surface area contributed by atoms with Crippen molar-refractivity contribution in [2.75, 3.05) is 0 Å². The van der Waals surface area contributed by atoms with Crippen molar-refractivity contribution >= 4 is 11.0 Å². The maximum Gasteiger partial charge on any atom is 0.138 e. The molecule has 0 fully saturated rings. The Balaban J connectivity index is 2.22. The zero-order valence-corrected chi connectivity index (χ0v) is 9.99. The molecule has 3 aromatic rings. The van der Waals surface area contributed by atoms with Crippen LogP contribution in [-0.2, 0) is 0 Å². The Bertz CT molecular complexity index is 680. The lowest BCUT2D eigenvalue weighted by Gasteiger charge is -2.00. The van der Waals surface area contributed by atoms with E-state index in [-0.39, 0.29) is 0 Å². The molecule has 0 radical (unpaired) electrons. The number of benzene rings is 2. The third kappa shape index (κ3) is 1.72. The number of imidazole rings is 1.